The van der Waals surface area contributed by atoms with Crippen LogP contribution in [-0.2, 0) is 6.42 Å². The molecule has 0 saturated carbocycles. The number of hydrogen-bond acceptors (Lipinski definition) is 2. The van der Waals surface area contributed by atoms with Crippen LogP contribution in [0.15, 0.2) is 34.9 Å². The quantitative estimate of drug-likeness (QED) is 0.799. The second kappa shape index (κ2) is 5.61. The number of aromatic nitrogens is 1. The lowest BCUT2D eigenvalue weighted by Crippen LogP contribution is -2.09. The third-order valence-corrected chi connectivity index (χ3v) is 3.58. The van der Waals surface area contributed by atoms with E-state index in [4.69, 9.17) is 0 Å². The molecule has 2 rings (SSSR count). The number of carbonyl (C=O) groups is 1. The number of nitrogens with zero attached hydrogens (tertiary/aromatic N) is 1. The zero-order valence-electron chi connectivity index (χ0n) is 10.7. The molecule has 0 aliphatic carbocycles. The summed E-state index contributed by atoms with van der Waals surface area (Å²) in [5, 5.41) is 0. The molecule has 0 bridgehead atoms. The van der Waals surface area contributed by atoms with Crippen molar-refractivity contribution in [2.45, 2.75) is 20.3 Å². The molecule has 2 aromatic rings. The third kappa shape index (κ3) is 3.26. The van der Waals surface area contributed by atoms with Crippen molar-refractivity contribution >= 4 is 21.7 Å². The van der Waals surface area contributed by atoms with Crippen LogP contribution in [0.4, 0.5) is 4.39 Å². The molecule has 0 fully saturated rings. The molecule has 0 aliphatic heterocycles. The fourth-order valence-corrected chi connectivity index (χ4v) is 2.42. The van der Waals surface area contributed by atoms with E-state index < -0.39 is 0 Å². The molecule has 0 spiro atoms. The smallest absolute Gasteiger partial charge is 0.185 e. The Morgan fingerprint density at radius 3 is 2.68 bits per heavy atom. The zero-order valence-corrected chi connectivity index (χ0v) is 12.3. The van der Waals surface area contributed by atoms with E-state index in [0.29, 0.717) is 10.2 Å². The Kier molecular flexibility index (Phi) is 4.10. The number of hydrogen-bond donors (Lipinski definition) is 0. The Morgan fingerprint density at radius 1 is 1.32 bits per heavy atom. The van der Waals surface area contributed by atoms with Crippen LogP contribution < -0.4 is 0 Å². The highest BCUT2D eigenvalue weighted by Gasteiger charge is 2.13. The van der Waals surface area contributed by atoms with E-state index in [1.54, 1.807) is 12.3 Å². The first-order chi connectivity index (χ1) is 8.97. The predicted octanol–water partition coefficient (Wildman–Crippen LogP) is 4.03. The Morgan fingerprint density at radius 2 is 2.05 bits per heavy atom. The summed E-state index contributed by atoms with van der Waals surface area (Å²) in [4.78, 5) is 16.4. The van der Waals surface area contributed by atoms with Gasteiger partial charge >= 0.3 is 0 Å². The largest absolute Gasteiger partial charge is 0.292 e. The SMILES string of the molecule is Cc1cnc(C(=O)Cc2ccc(F)cc2Br)c(C)c1. The lowest BCUT2D eigenvalue weighted by atomic mass is 10.0. The Bertz CT molecular complexity index is 640. The molecular weight excluding hydrogens is 309 g/mol. The van der Waals surface area contributed by atoms with E-state index in [1.807, 2.05) is 19.9 Å². The van der Waals surface area contributed by atoms with Gasteiger partial charge in [0.05, 0.1) is 0 Å². The van der Waals surface area contributed by atoms with Gasteiger partial charge in [-0.3, -0.25) is 9.78 Å². The molecule has 1 heterocycles. The zero-order chi connectivity index (χ0) is 14.0. The van der Waals surface area contributed by atoms with Gasteiger partial charge in [-0.25, -0.2) is 4.39 Å². The molecule has 0 unspecified atom stereocenters. The van der Waals surface area contributed by atoms with Gasteiger partial charge in [0.2, 0.25) is 0 Å². The first-order valence-corrected chi connectivity index (χ1v) is 6.67. The standard InChI is InChI=1S/C15H13BrFNO/c1-9-5-10(2)15(18-8-9)14(19)6-11-3-4-12(17)7-13(11)16/h3-5,7-8H,6H2,1-2H3. The normalized spacial score (nSPS) is 10.5. The van der Waals surface area contributed by atoms with Crippen LogP contribution in [0.25, 0.3) is 0 Å². The molecule has 0 amide bonds. The summed E-state index contributed by atoms with van der Waals surface area (Å²) in [7, 11) is 0. The van der Waals surface area contributed by atoms with Crippen LogP contribution in [-0.4, -0.2) is 10.8 Å². The van der Waals surface area contributed by atoms with Gasteiger partial charge in [-0.15, -0.1) is 0 Å². The number of rotatable bonds is 3. The van der Waals surface area contributed by atoms with Crippen molar-refractivity contribution in [2.24, 2.45) is 0 Å². The summed E-state index contributed by atoms with van der Waals surface area (Å²) >= 11 is 3.27. The average molecular weight is 322 g/mol. The minimum absolute atomic E-state index is 0.0650. The Balaban J connectivity index is 2.25. The lowest BCUT2D eigenvalue weighted by Gasteiger charge is -2.06. The maximum absolute atomic E-state index is 13.0. The molecule has 98 valence electrons. The fourth-order valence-electron chi connectivity index (χ4n) is 1.93. The predicted molar refractivity (Wildman–Crippen MR) is 75.8 cm³/mol. The first-order valence-electron chi connectivity index (χ1n) is 5.88. The molecule has 1 aromatic heterocycles. The second-order valence-electron chi connectivity index (χ2n) is 4.51. The molecule has 1 aromatic carbocycles. The molecule has 0 atom stereocenters. The summed E-state index contributed by atoms with van der Waals surface area (Å²) in [6.45, 7) is 3.80. The minimum atomic E-state index is -0.326. The topological polar surface area (TPSA) is 30.0 Å². The Hall–Kier alpha value is -1.55. The van der Waals surface area contributed by atoms with Gasteiger partial charge in [0.15, 0.2) is 5.78 Å². The van der Waals surface area contributed by atoms with Crippen molar-refractivity contribution in [1.82, 2.24) is 4.98 Å². The van der Waals surface area contributed by atoms with Crippen molar-refractivity contribution in [3.63, 3.8) is 0 Å². The average Bonchev–Trinajstić information content (AvgIpc) is 2.32. The van der Waals surface area contributed by atoms with Crippen molar-refractivity contribution in [3.05, 3.63) is 63.1 Å². The lowest BCUT2D eigenvalue weighted by molar-refractivity contribution is 0.0987. The van der Waals surface area contributed by atoms with Crippen molar-refractivity contribution < 1.29 is 9.18 Å². The second-order valence-corrected chi connectivity index (χ2v) is 5.37. The molecule has 0 radical (unpaired) electrons. The van der Waals surface area contributed by atoms with Crippen LogP contribution in [0.1, 0.15) is 27.2 Å². The molecule has 4 heteroatoms. The van der Waals surface area contributed by atoms with Crippen molar-refractivity contribution in [3.8, 4) is 0 Å². The van der Waals surface area contributed by atoms with Gasteiger partial charge in [0, 0.05) is 17.1 Å². The number of Topliss-reactive ketones (excluding diaryl/α,β-unsaturated/α-hetero) is 1. The van der Waals surface area contributed by atoms with Crippen molar-refractivity contribution in [2.75, 3.05) is 0 Å². The monoisotopic (exact) mass is 321 g/mol. The van der Waals surface area contributed by atoms with E-state index >= 15 is 0 Å². The summed E-state index contributed by atoms with van der Waals surface area (Å²) in [6.07, 6.45) is 1.89. The van der Waals surface area contributed by atoms with Crippen LogP contribution in [0, 0.1) is 19.7 Å². The minimum Gasteiger partial charge on any atom is -0.292 e. The van der Waals surface area contributed by atoms with Gasteiger partial charge in [-0.1, -0.05) is 28.1 Å². The van der Waals surface area contributed by atoms with Crippen LogP contribution in [0.3, 0.4) is 0 Å². The third-order valence-electron chi connectivity index (χ3n) is 2.85. The molecule has 0 aliphatic rings. The fraction of sp³-hybridized carbons (Fsp3) is 0.200. The maximum atomic E-state index is 13.0. The van der Waals surface area contributed by atoms with Gasteiger partial charge < -0.3 is 0 Å². The summed E-state index contributed by atoms with van der Waals surface area (Å²) < 4.78 is 13.6. The highest BCUT2D eigenvalue weighted by molar-refractivity contribution is 9.10. The molecular formula is C15H13BrFNO. The summed E-state index contributed by atoms with van der Waals surface area (Å²) in [6, 6.07) is 6.25. The van der Waals surface area contributed by atoms with E-state index in [-0.39, 0.29) is 18.0 Å². The number of aryl methyl sites for hydroxylation is 2. The maximum Gasteiger partial charge on any atom is 0.185 e. The van der Waals surface area contributed by atoms with E-state index in [9.17, 15) is 9.18 Å². The van der Waals surface area contributed by atoms with Gasteiger partial charge in [0.25, 0.3) is 0 Å². The first kappa shape index (κ1) is 13.9. The van der Waals surface area contributed by atoms with E-state index in [1.165, 1.54) is 12.1 Å². The molecule has 0 N–H and O–H groups in total. The van der Waals surface area contributed by atoms with Crippen molar-refractivity contribution in [1.29, 1.82) is 0 Å². The summed E-state index contributed by atoms with van der Waals surface area (Å²) in [5.41, 5.74) is 3.12. The van der Waals surface area contributed by atoms with Crippen LogP contribution >= 0.6 is 15.9 Å². The molecule has 0 saturated heterocycles. The van der Waals surface area contributed by atoms with Crippen LogP contribution in [0.2, 0.25) is 0 Å². The van der Waals surface area contributed by atoms with E-state index in [2.05, 4.69) is 20.9 Å². The van der Waals surface area contributed by atoms with Crippen LogP contribution in [0.5, 0.6) is 0 Å². The number of ketones is 1. The van der Waals surface area contributed by atoms with Gasteiger partial charge in [-0.05, 0) is 42.7 Å². The number of halogens is 2. The number of pyridine rings is 1. The number of carbonyl (C=O) groups excluding carboxylic acids is 1. The van der Waals surface area contributed by atoms with Gasteiger partial charge in [-0.2, -0.15) is 0 Å². The molecule has 2 nitrogen and oxygen atoms in total. The highest BCUT2D eigenvalue weighted by atomic mass is 79.9. The number of benzene rings is 1. The molecule has 19 heavy (non-hydrogen) atoms. The highest BCUT2D eigenvalue weighted by Crippen LogP contribution is 2.20. The van der Waals surface area contributed by atoms with E-state index in [0.717, 1.165) is 16.7 Å². The summed E-state index contributed by atoms with van der Waals surface area (Å²) in [5.74, 6) is -0.391. The van der Waals surface area contributed by atoms with Gasteiger partial charge in [0.1, 0.15) is 11.5 Å². The Labute approximate surface area is 119 Å².